The Morgan fingerprint density at radius 1 is 1.15 bits per heavy atom. The lowest BCUT2D eigenvalue weighted by atomic mass is 10.0. The van der Waals surface area contributed by atoms with E-state index in [0.29, 0.717) is 10.0 Å². The lowest BCUT2D eigenvalue weighted by molar-refractivity contribution is 0.769. The van der Waals surface area contributed by atoms with Gasteiger partial charge in [0.2, 0.25) is 0 Å². The molecule has 1 aromatic heterocycles. The van der Waals surface area contributed by atoms with Crippen LogP contribution < -0.4 is 0 Å². The molecule has 0 unspecified atom stereocenters. The van der Waals surface area contributed by atoms with Gasteiger partial charge in [0.05, 0.1) is 0 Å². The molecule has 1 heterocycles. The van der Waals surface area contributed by atoms with Crippen molar-refractivity contribution >= 4 is 34.1 Å². The number of benzene rings is 2. The number of aromatic nitrogens is 2. The van der Waals surface area contributed by atoms with Gasteiger partial charge >= 0.3 is 0 Å². The Morgan fingerprint density at radius 2 is 1.95 bits per heavy atom. The van der Waals surface area contributed by atoms with Crippen molar-refractivity contribution < 1.29 is 0 Å². The summed E-state index contributed by atoms with van der Waals surface area (Å²) in [5, 5.41) is 6.65. The van der Waals surface area contributed by atoms with Gasteiger partial charge in [0.15, 0.2) is 0 Å². The van der Waals surface area contributed by atoms with Crippen molar-refractivity contribution in [2.75, 3.05) is 0 Å². The van der Waals surface area contributed by atoms with E-state index in [0.717, 1.165) is 27.7 Å². The number of hydrogen-bond donors (Lipinski definition) is 0. The molecule has 0 bridgehead atoms. The van der Waals surface area contributed by atoms with Gasteiger partial charge in [-0.25, -0.2) is 0 Å². The zero-order valence-corrected chi connectivity index (χ0v) is 12.2. The molecule has 0 fully saturated rings. The molecular weight excluding hydrogens is 291 g/mol. The Labute approximate surface area is 126 Å². The summed E-state index contributed by atoms with van der Waals surface area (Å²) in [7, 11) is 1.84. The summed E-state index contributed by atoms with van der Waals surface area (Å²) in [4.78, 5) is 0. The Morgan fingerprint density at radius 3 is 2.65 bits per heavy atom. The molecule has 4 heteroatoms. The molecule has 0 aliphatic heterocycles. The van der Waals surface area contributed by atoms with Gasteiger partial charge in [0.25, 0.3) is 0 Å². The number of terminal acetylenes is 1. The quantitative estimate of drug-likeness (QED) is 0.604. The third kappa shape index (κ3) is 1.96. The van der Waals surface area contributed by atoms with Crippen LogP contribution >= 0.6 is 23.2 Å². The summed E-state index contributed by atoms with van der Waals surface area (Å²) in [6, 6.07) is 11.3. The lowest BCUT2D eigenvalue weighted by Crippen LogP contribution is -1.92. The van der Waals surface area contributed by atoms with Gasteiger partial charge in [0, 0.05) is 33.6 Å². The summed E-state index contributed by atoms with van der Waals surface area (Å²) >= 11 is 12.2. The van der Waals surface area contributed by atoms with Crippen molar-refractivity contribution in [3.05, 3.63) is 52.1 Å². The van der Waals surface area contributed by atoms with E-state index in [4.69, 9.17) is 29.6 Å². The van der Waals surface area contributed by atoms with E-state index in [1.165, 1.54) is 0 Å². The normalized spacial score (nSPS) is 10.7. The van der Waals surface area contributed by atoms with Gasteiger partial charge in [0.1, 0.15) is 11.2 Å². The maximum Gasteiger partial charge on any atom is 0.118 e. The van der Waals surface area contributed by atoms with Crippen LogP contribution in [0.3, 0.4) is 0 Å². The number of aryl methyl sites for hydroxylation is 1. The fourth-order valence-electron chi connectivity index (χ4n) is 2.31. The molecule has 0 aliphatic carbocycles. The molecule has 0 saturated heterocycles. The molecule has 0 aliphatic rings. The van der Waals surface area contributed by atoms with Gasteiger partial charge < -0.3 is 0 Å². The molecule has 0 radical (unpaired) electrons. The summed E-state index contributed by atoms with van der Waals surface area (Å²) in [6.45, 7) is 0. The topological polar surface area (TPSA) is 17.8 Å². The van der Waals surface area contributed by atoms with Crippen molar-refractivity contribution in [1.82, 2.24) is 9.78 Å². The fraction of sp³-hybridized carbons (Fsp3) is 0.0625. The summed E-state index contributed by atoms with van der Waals surface area (Å²) in [6.07, 6.45) is 5.55. The van der Waals surface area contributed by atoms with Crippen LogP contribution in [0.25, 0.3) is 22.0 Å². The predicted octanol–water partition coefficient (Wildman–Crippen LogP) is 4.53. The van der Waals surface area contributed by atoms with Crippen molar-refractivity contribution in [3.63, 3.8) is 0 Å². The Hall–Kier alpha value is -1.95. The molecule has 20 heavy (non-hydrogen) atoms. The highest BCUT2D eigenvalue weighted by Crippen LogP contribution is 2.35. The van der Waals surface area contributed by atoms with E-state index in [-0.39, 0.29) is 0 Å². The van der Waals surface area contributed by atoms with Crippen LogP contribution in [-0.2, 0) is 7.05 Å². The fourth-order valence-corrected chi connectivity index (χ4v) is 2.82. The molecule has 2 aromatic carbocycles. The van der Waals surface area contributed by atoms with Crippen LogP contribution in [0.5, 0.6) is 0 Å². The Balaban J connectivity index is 2.35. The molecule has 0 saturated carbocycles. The van der Waals surface area contributed by atoms with Crippen molar-refractivity contribution in [3.8, 4) is 23.5 Å². The first-order valence-corrected chi connectivity index (χ1v) is 6.75. The standard InChI is InChI=1S/C16H10Cl2N2/c1-3-15-13-6-4-5-12(16(13)19-20(15)2)11-8-7-10(17)9-14(11)18/h1,4-9H,2H3. The number of hydrogen-bond acceptors (Lipinski definition) is 1. The number of rotatable bonds is 1. The zero-order chi connectivity index (χ0) is 14.3. The van der Waals surface area contributed by atoms with E-state index >= 15 is 0 Å². The molecular formula is C16H10Cl2N2. The molecule has 98 valence electrons. The highest BCUT2D eigenvalue weighted by molar-refractivity contribution is 6.36. The van der Waals surface area contributed by atoms with Crippen molar-refractivity contribution in [2.24, 2.45) is 7.05 Å². The monoisotopic (exact) mass is 300 g/mol. The minimum absolute atomic E-state index is 0.595. The average Bonchev–Trinajstić information content (AvgIpc) is 2.74. The second kappa shape index (κ2) is 4.86. The Kier molecular flexibility index (Phi) is 3.17. The summed E-state index contributed by atoms with van der Waals surface area (Å²) in [5.74, 6) is 2.67. The number of fused-ring (bicyclic) bond motifs is 1. The van der Waals surface area contributed by atoms with E-state index in [1.807, 2.05) is 37.4 Å². The third-order valence-electron chi connectivity index (χ3n) is 3.22. The van der Waals surface area contributed by atoms with Gasteiger partial charge in [-0.15, -0.1) is 6.42 Å². The minimum atomic E-state index is 0.595. The average molecular weight is 301 g/mol. The van der Waals surface area contributed by atoms with E-state index in [1.54, 1.807) is 10.7 Å². The lowest BCUT2D eigenvalue weighted by Gasteiger charge is -2.05. The minimum Gasteiger partial charge on any atom is -0.259 e. The van der Waals surface area contributed by atoms with Crippen LogP contribution in [0.2, 0.25) is 10.0 Å². The first-order chi connectivity index (χ1) is 9.61. The molecule has 0 N–H and O–H groups in total. The van der Waals surface area contributed by atoms with Crippen LogP contribution in [0.15, 0.2) is 36.4 Å². The van der Waals surface area contributed by atoms with Gasteiger partial charge in [-0.3, -0.25) is 4.68 Å². The van der Waals surface area contributed by atoms with Crippen LogP contribution in [0.1, 0.15) is 5.69 Å². The molecule has 0 spiro atoms. The smallest absolute Gasteiger partial charge is 0.118 e. The van der Waals surface area contributed by atoms with Crippen molar-refractivity contribution in [2.45, 2.75) is 0 Å². The molecule has 2 nitrogen and oxygen atoms in total. The van der Waals surface area contributed by atoms with Gasteiger partial charge in [-0.05, 0) is 24.1 Å². The molecule has 3 aromatic rings. The summed E-state index contributed by atoms with van der Waals surface area (Å²) in [5.41, 5.74) is 3.43. The van der Waals surface area contributed by atoms with Crippen molar-refractivity contribution in [1.29, 1.82) is 0 Å². The largest absolute Gasteiger partial charge is 0.259 e. The molecule has 3 rings (SSSR count). The first-order valence-electron chi connectivity index (χ1n) is 5.99. The van der Waals surface area contributed by atoms with E-state index in [9.17, 15) is 0 Å². The Bertz CT molecular complexity index is 857. The first kappa shape index (κ1) is 13.1. The predicted molar refractivity (Wildman–Crippen MR) is 84.1 cm³/mol. The van der Waals surface area contributed by atoms with E-state index in [2.05, 4.69) is 11.0 Å². The maximum atomic E-state index is 6.29. The van der Waals surface area contributed by atoms with Gasteiger partial charge in [-0.2, -0.15) is 5.10 Å². The highest BCUT2D eigenvalue weighted by atomic mass is 35.5. The van der Waals surface area contributed by atoms with E-state index < -0.39 is 0 Å². The SMILES string of the molecule is C#Cc1c2cccc(-c3ccc(Cl)cc3Cl)c2nn1C. The van der Waals surface area contributed by atoms with Crippen LogP contribution in [0.4, 0.5) is 0 Å². The molecule has 0 atom stereocenters. The zero-order valence-electron chi connectivity index (χ0n) is 10.7. The van der Waals surface area contributed by atoms with Gasteiger partial charge in [-0.1, -0.05) is 41.4 Å². The van der Waals surface area contributed by atoms with Crippen LogP contribution in [0, 0.1) is 12.3 Å². The number of nitrogens with zero attached hydrogens (tertiary/aromatic N) is 2. The maximum absolute atomic E-state index is 6.29. The molecule has 0 amide bonds. The third-order valence-corrected chi connectivity index (χ3v) is 3.77. The second-order valence-electron chi connectivity index (χ2n) is 4.44. The van der Waals surface area contributed by atoms with Crippen LogP contribution in [-0.4, -0.2) is 9.78 Å². The number of halogens is 2. The summed E-state index contributed by atoms with van der Waals surface area (Å²) < 4.78 is 1.71. The second-order valence-corrected chi connectivity index (χ2v) is 5.29. The highest BCUT2D eigenvalue weighted by Gasteiger charge is 2.13.